The Balaban J connectivity index is 1.76. The molecule has 2 rings (SSSR count). The van der Waals surface area contributed by atoms with E-state index in [1.807, 2.05) is 6.08 Å². The Labute approximate surface area is 136 Å². The average molecular weight is 295 g/mol. The van der Waals surface area contributed by atoms with Crippen LogP contribution in [0.2, 0.25) is 0 Å². The zero-order valence-electron chi connectivity index (χ0n) is 13.9. The number of hydrogen-bond donors (Lipinski definition) is 0. The first-order chi connectivity index (χ1) is 10.8. The molecule has 1 aliphatic carbocycles. The Hall–Kier alpha value is -1.55. The van der Waals surface area contributed by atoms with Crippen LogP contribution in [0.4, 0.5) is 0 Å². The second kappa shape index (κ2) is 9.46. The van der Waals surface area contributed by atoms with Crippen molar-refractivity contribution in [2.45, 2.75) is 70.6 Å². The molecule has 0 spiro atoms. The van der Waals surface area contributed by atoms with E-state index in [9.17, 15) is 0 Å². The third-order valence-electron chi connectivity index (χ3n) is 5.05. The first-order valence-corrected chi connectivity index (χ1v) is 8.97. The molecule has 0 heterocycles. The standard InChI is InChI=1S/C21H29N/c1-2-3-7-18-9-13-20(14-10-18)21-15-11-19(12-16-21)8-5-4-6-17-22/h4,6,9-10,13-14,19,21H,2-3,5,7-8,11-12,15-16H2,1H3/b6-4+/t19-,21-. The maximum Gasteiger partial charge on any atom is 0.0908 e. The predicted molar refractivity (Wildman–Crippen MR) is 93.7 cm³/mol. The van der Waals surface area contributed by atoms with Crippen LogP contribution in [0.1, 0.15) is 75.3 Å². The van der Waals surface area contributed by atoms with Crippen LogP contribution < -0.4 is 0 Å². The molecule has 0 bridgehead atoms. The van der Waals surface area contributed by atoms with Crippen LogP contribution in [0, 0.1) is 17.2 Å². The van der Waals surface area contributed by atoms with Gasteiger partial charge >= 0.3 is 0 Å². The van der Waals surface area contributed by atoms with Crippen LogP contribution in [0.3, 0.4) is 0 Å². The van der Waals surface area contributed by atoms with Gasteiger partial charge in [0.1, 0.15) is 0 Å². The highest BCUT2D eigenvalue weighted by molar-refractivity contribution is 5.26. The normalized spacial score (nSPS) is 21.8. The van der Waals surface area contributed by atoms with Gasteiger partial charge in [-0.2, -0.15) is 5.26 Å². The molecule has 1 nitrogen and oxygen atoms in total. The highest BCUT2D eigenvalue weighted by atomic mass is 14.3. The molecule has 0 radical (unpaired) electrons. The van der Waals surface area contributed by atoms with Gasteiger partial charge in [0.15, 0.2) is 0 Å². The predicted octanol–water partition coefficient (Wildman–Crippen LogP) is 6.16. The van der Waals surface area contributed by atoms with Crippen molar-refractivity contribution in [2.24, 2.45) is 5.92 Å². The minimum atomic E-state index is 0.770. The summed E-state index contributed by atoms with van der Waals surface area (Å²) in [6.07, 6.45) is 15.1. The van der Waals surface area contributed by atoms with Crippen LogP contribution in [0.25, 0.3) is 0 Å². The van der Waals surface area contributed by atoms with Gasteiger partial charge in [-0.1, -0.05) is 43.7 Å². The number of unbranched alkanes of at least 4 members (excludes halogenated alkanes) is 1. The molecule has 0 aromatic heterocycles. The van der Waals surface area contributed by atoms with E-state index in [1.54, 1.807) is 11.6 Å². The summed E-state index contributed by atoms with van der Waals surface area (Å²) >= 11 is 0. The Bertz CT molecular complexity index is 484. The lowest BCUT2D eigenvalue weighted by molar-refractivity contribution is 0.312. The molecule has 0 saturated heterocycles. The lowest BCUT2D eigenvalue weighted by Gasteiger charge is -2.28. The summed E-state index contributed by atoms with van der Waals surface area (Å²) in [7, 11) is 0. The number of aryl methyl sites for hydroxylation is 1. The van der Waals surface area contributed by atoms with Crippen LogP contribution >= 0.6 is 0 Å². The van der Waals surface area contributed by atoms with E-state index in [-0.39, 0.29) is 0 Å². The van der Waals surface area contributed by atoms with Gasteiger partial charge in [-0.3, -0.25) is 0 Å². The monoisotopic (exact) mass is 295 g/mol. The number of nitriles is 1. The number of hydrogen-bond acceptors (Lipinski definition) is 1. The van der Waals surface area contributed by atoms with Crippen molar-refractivity contribution in [3.63, 3.8) is 0 Å². The van der Waals surface area contributed by atoms with Crippen molar-refractivity contribution in [1.29, 1.82) is 5.26 Å². The molecule has 0 amide bonds. The lowest BCUT2D eigenvalue weighted by atomic mass is 9.77. The molecule has 0 N–H and O–H groups in total. The van der Waals surface area contributed by atoms with Crippen molar-refractivity contribution in [3.05, 3.63) is 47.5 Å². The SMILES string of the molecule is CCCCc1ccc([C@H]2CC[C@H](CC/C=C/C#N)CC2)cc1. The molecule has 1 aliphatic rings. The van der Waals surface area contributed by atoms with Gasteiger partial charge in [-0.25, -0.2) is 0 Å². The minimum absolute atomic E-state index is 0.770. The van der Waals surface area contributed by atoms with E-state index in [1.165, 1.54) is 56.9 Å². The highest BCUT2D eigenvalue weighted by Gasteiger charge is 2.21. The van der Waals surface area contributed by atoms with Crippen LogP contribution in [-0.4, -0.2) is 0 Å². The van der Waals surface area contributed by atoms with E-state index in [0.29, 0.717) is 0 Å². The Morgan fingerprint density at radius 2 is 1.86 bits per heavy atom. The summed E-state index contributed by atoms with van der Waals surface area (Å²) in [5, 5.41) is 8.49. The maximum atomic E-state index is 8.49. The summed E-state index contributed by atoms with van der Waals surface area (Å²) in [5.74, 6) is 1.63. The van der Waals surface area contributed by atoms with E-state index in [2.05, 4.69) is 37.3 Å². The molecule has 1 saturated carbocycles. The number of benzene rings is 1. The first kappa shape index (κ1) is 16.8. The lowest BCUT2D eigenvalue weighted by Crippen LogP contribution is -2.13. The number of rotatable bonds is 7. The van der Waals surface area contributed by atoms with Gasteiger partial charge in [0.2, 0.25) is 0 Å². The molecular formula is C21H29N. The van der Waals surface area contributed by atoms with Crippen molar-refractivity contribution < 1.29 is 0 Å². The molecule has 0 atom stereocenters. The second-order valence-electron chi connectivity index (χ2n) is 6.67. The average Bonchev–Trinajstić information content (AvgIpc) is 2.58. The molecule has 0 aliphatic heterocycles. The Kier molecular flexibility index (Phi) is 7.23. The molecule has 118 valence electrons. The van der Waals surface area contributed by atoms with E-state index in [4.69, 9.17) is 5.26 Å². The van der Waals surface area contributed by atoms with Gasteiger partial charge in [-0.05, 0) is 74.3 Å². The smallest absolute Gasteiger partial charge is 0.0908 e. The molecule has 1 heteroatoms. The van der Waals surface area contributed by atoms with Gasteiger partial charge in [-0.15, -0.1) is 0 Å². The largest absolute Gasteiger partial charge is 0.193 e. The van der Waals surface area contributed by atoms with Crippen LogP contribution in [0.5, 0.6) is 0 Å². The van der Waals surface area contributed by atoms with Gasteiger partial charge in [0.25, 0.3) is 0 Å². The van der Waals surface area contributed by atoms with E-state index < -0.39 is 0 Å². The summed E-state index contributed by atoms with van der Waals surface area (Å²) in [5.41, 5.74) is 3.03. The van der Waals surface area contributed by atoms with Gasteiger partial charge in [0.05, 0.1) is 6.07 Å². The molecule has 0 unspecified atom stereocenters. The summed E-state index contributed by atoms with van der Waals surface area (Å²) in [4.78, 5) is 0. The third kappa shape index (κ3) is 5.34. The molecule has 1 aromatic carbocycles. The van der Waals surface area contributed by atoms with Crippen molar-refractivity contribution in [1.82, 2.24) is 0 Å². The summed E-state index contributed by atoms with van der Waals surface area (Å²) in [6, 6.07) is 11.5. The van der Waals surface area contributed by atoms with Crippen LogP contribution in [-0.2, 0) is 6.42 Å². The minimum Gasteiger partial charge on any atom is -0.193 e. The van der Waals surface area contributed by atoms with Crippen LogP contribution in [0.15, 0.2) is 36.4 Å². The zero-order valence-corrected chi connectivity index (χ0v) is 13.9. The quantitative estimate of drug-likeness (QED) is 0.552. The molecule has 22 heavy (non-hydrogen) atoms. The second-order valence-corrected chi connectivity index (χ2v) is 6.67. The van der Waals surface area contributed by atoms with E-state index >= 15 is 0 Å². The number of allylic oxidation sites excluding steroid dienone is 2. The fourth-order valence-electron chi connectivity index (χ4n) is 3.59. The van der Waals surface area contributed by atoms with Gasteiger partial charge in [0, 0.05) is 6.08 Å². The van der Waals surface area contributed by atoms with Crippen molar-refractivity contribution in [3.8, 4) is 6.07 Å². The first-order valence-electron chi connectivity index (χ1n) is 8.97. The zero-order chi connectivity index (χ0) is 15.6. The fourth-order valence-corrected chi connectivity index (χ4v) is 3.59. The highest BCUT2D eigenvalue weighted by Crippen LogP contribution is 2.37. The fraction of sp³-hybridized carbons (Fsp3) is 0.571. The Morgan fingerprint density at radius 3 is 2.50 bits per heavy atom. The van der Waals surface area contributed by atoms with Gasteiger partial charge < -0.3 is 0 Å². The topological polar surface area (TPSA) is 23.8 Å². The summed E-state index contributed by atoms with van der Waals surface area (Å²) in [6.45, 7) is 2.25. The third-order valence-corrected chi connectivity index (χ3v) is 5.05. The van der Waals surface area contributed by atoms with Crippen molar-refractivity contribution in [2.75, 3.05) is 0 Å². The van der Waals surface area contributed by atoms with Crippen molar-refractivity contribution >= 4 is 0 Å². The van der Waals surface area contributed by atoms with E-state index in [0.717, 1.165) is 18.3 Å². The molecule has 1 fully saturated rings. The maximum absolute atomic E-state index is 8.49. The molecular weight excluding hydrogens is 266 g/mol. The molecule has 1 aromatic rings. The Morgan fingerprint density at radius 1 is 1.14 bits per heavy atom. The summed E-state index contributed by atoms with van der Waals surface area (Å²) < 4.78 is 0. The number of nitrogens with zero attached hydrogens (tertiary/aromatic N) is 1.